The lowest BCUT2D eigenvalue weighted by atomic mass is 10.0. The Morgan fingerprint density at radius 1 is 0.974 bits per heavy atom. The van der Waals surface area contributed by atoms with Gasteiger partial charge in [0.15, 0.2) is 0 Å². The normalized spacial score (nSPS) is 14.8. The van der Waals surface area contributed by atoms with E-state index >= 15 is 0 Å². The molecule has 38 heavy (non-hydrogen) atoms. The van der Waals surface area contributed by atoms with E-state index in [4.69, 9.17) is 4.98 Å². The minimum absolute atomic E-state index is 0.191. The number of sulfonamides is 1. The lowest BCUT2D eigenvalue weighted by Gasteiger charge is -2.20. The van der Waals surface area contributed by atoms with Crippen molar-refractivity contribution >= 4 is 26.8 Å². The van der Waals surface area contributed by atoms with Gasteiger partial charge in [0.1, 0.15) is 0 Å². The van der Waals surface area contributed by atoms with Crippen molar-refractivity contribution in [1.29, 1.82) is 0 Å². The summed E-state index contributed by atoms with van der Waals surface area (Å²) in [5.41, 5.74) is 4.67. The van der Waals surface area contributed by atoms with E-state index in [0.29, 0.717) is 48.2 Å². The number of fused-ring (bicyclic) bond motifs is 1. The first-order valence-electron chi connectivity index (χ1n) is 13.1. The van der Waals surface area contributed by atoms with Gasteiger partial charge in [-0.2, -0.15) is 4.31 Å². The summed E-state index contributed by atoms with van der Waals surface area (Å²) in [6, 6.07) is 18.6. The van der Waals surface area contributed by atoms with Gasteiger partial charge >= 0.3 is 0 Å². The van der Waals surface area contributed by atoms with Gasteiger partial charge in [-0.15, -0.1) is 0 Å². The van der Waals surface area contributed by atoms with Gasteiger partial charge in [0, 0.05) is 43.0 Å². The van der Waals surface area contributed by atoms with Crippen LogP contribution in [0.4, 0.5) is 0 Å². The van der Waals surface area contributed by atoms with Crippen molar-refractivity contribution in [1.82, 2.24) is 19.6 Å². The maximum absolute atomic E-state index is 13.5. The Morgan fingerprint density at radius 2 is 1.74 bits per heavy atom. The molecule has 3 heterocycles. The number of hydrogen-bond acceptors (Lipinski definition) is 5. The van der Waals surface area contributed by atoms with Gasteiger partial charge in [-0.1, -0.05) is 42.7 Å². The SMILES string of the molecule is Cc1ccc(CCNC(=O)c2cc(-c3cccnc3)nc3ccc(S(=O)(=O)N4CCCCCC4)cc23)cc1. The first kappa shape index (κ1) is 26.0. The van der Waals surface area contributed by atoms with Crippen LogP contribution in [0.1, 0.15) is 47.2 Å². The maximum Gasteiger partial charge on any atom is 0.252 e. The summed E-state index contributed by atoms with van der Waals surface area (Å²) < 4.78 is 28.6. The van der Waals surface area contributed by atoms with Crippen LogP contribution in [-0.2, 0) is 16.4 Å². The lowest BCUT2D eigenvalue weighted by molar-refractivity contribution is 0.0955. The summed E-state index contributed by atoms with van der Waals surface area (Å²) in [5.74, 6) is -0.265. The molecule has 7 nitrogen and oxygen atoms in total. The number of aromatic nitrogens is 2. The highest BCUT2D eigenvalue weighted by Crippen LogP contribution is 2.28. The largest absolute Gasteiger partial charge is 0.352 e. The minimum Gasteiger partial charge on any atom is -0.352 e. The Hall–Kier alpha value is -3.62. The number of nitrogens with zero attached hydrogens (tertiary/aromatic N) is 3. The Balaban J connectivity index is 1.50. The van der Waals surface area contributed by atoms with Gasteiger partial charge in [0.25, 0.3) is 5.91 Å². The van der Waals surface area contributed by atoms with Crippen molar-refractivity contribution < 1.29 is 13.2 Å². The van der Waals surface area contributed by atoms with Gasteiger partial charge in [-0.25, -0.2) is 13.4 Å². The molecule has 2 aromatic carbocycles. The summed E-state index contributed by atoms with van der Waals surface area (Å²) in [6.45, 7) is 3.54. The molecule has 0 radical (unpaired) electrons. The van der Waals surface area contributed by atoms with Crippen molar-refractivity contribution in [2.24, 2.45) is 0 Å². The molecule has 196 valence electrons. The molecule has 0 aliphatic carbocycles. The van der Waals surface area contributed by atoms with Gasteiger partial charge in [-0.3, -0.25) is 9.78 Å². The third-order valence-electron chi connectivity index (χ3n) is 7.00. The molecule has 8 heteroatoms. The molecule has 1 saturated heterocycles. The molecule has 5 rings (SSSR count). The first-order valence-corrected chi connectivity index (χ1v) is 14.5. The van der Waals surface area contributed by atoms with Gasteiger partial charge in [0.05, 0.1) is 21.7 Å². The minimum atomic E-state index is -3.67. The van der Waals surface area contributed by atoms with E-state index in [0.717, 1.165) is 36.8 Å². The van der Waals surface area contributed by atoms with E-state index in [1.54, 1.807) is 41.0 Å². The van der Waals surface area contributed by atoms with E-state index in [-0.39, 0.29) is 10.8 Å². The zero-order valence-electron chi connectivity index (χ0n) is 21.6. The molecule has 2 aromatic heterocycles. The fourth-order valence-electron chi connectivity index (χ4n) is 4.82. The molecule has 1 N–H and O–H groups in total. The average molecular weight is 529 g/mol. The third kappa shape index (κ3) is 5.76. The highest BCUT2D eigenvalue weighted by atomic mass is 32.2. The second-order valence-electron chi connectivity index (χ2n) is 9.79. The highest BCUT2D eigenvalue weighted by Gasteiger charge is 2.26. The van der Waals surface area contributed by atoms with Gasteiger partial charge in [-0.05, 0) is 68.1 Å². The summed E-state index contributed by atoms with van der Waals surface area (Å²) in [7, 11) is -3.67. The number of aryl methyl sites for hydroxylation is 1. The Labute approximate surface area is 224 Å². The molecule has 0 bridgehead atoms. The molecule has 4 aromatic rings. The van der Waals surface area contributed by atoms with Crippen molar-refractivity contribution in [3.8, 4) is 11.3 Å². The summed E-state index contributed by atoms with van der Waals surface area (Å²) in [6.07, 6.45) is 7.87. The van der Waals surface area contributed by atoms with Crippen molar-refractivity contribution in [3.05, 3.63) is 89.7 Å². The molecule has 1 aliphatic heterocycles. The molecule has 1 aliphatic rings. The van der Waals surface area contributed by atoms with Crippen LogP contribution < -0.4 is 5.32 Å². The summed E-state index contributed by atoms with van der Waals surface area (Å²) in [5, 5.41) is 3.54. The molecular formula is C30H32N4O3S. The van der Waals surface area contributed by atoms with E-state index in [1.807, 2.05) is 19.1 Å². The maximum atomic E-state index is 13.5. The van der Waals surface area contributed by atoms with Crippen LogP contribution >= 0.6 is 0 Å². The number of hydrogen-bond donors (Lipinski definition) is 1. The third-order valence-corrected chi connectivity index (χ3v) is 8.90. The quantitative estimate of drug-likeness (QED) is 0.359. The average Bonchev–Trinajstić information content (AvgIpc) is 3.24. The van der Waals surface area contributed by atoms with E-state index in [2.05, 4.69) is 34.6 Å². The molecule has 1 fully saturated rings. The van der Waals surface area contributed by atoms with Crippen LogP contribution in [0.25, 0.3) is 22.2 Å². The van der Waals surface area contributed by atoms with Crippen LogP contribution in [-0.4, -0.2) is 48.2 Å². The number of carbonyl (C=O) groups is 1. The molecule has 1 amide bonds. The molecular weight excluding hydrogens is 496 g/mol. The Bertz CT molecular complexity index is 1530. The Kier molecular flexibility index (Phi) is 7.81. The zero-order valence-corrected chi connectivity index (χ0v) is 22.4. The molecule has 0 atom stereocenters. The van der Waals surface area contributed by atoms with E-state index in [1.165, 1.54) is 5.56 Å². The van der Waals surface area contributed by atoms with E-state index in [9.17, 15) is 13.2 Å². The number of nitrogens with one attached hydrogen (secondary N) is 1. The predicted octanol–water partition coefficient (Wildman–Crippen LogP) is 5.14. The van der Waals surface area contributed by atoms with Gasteiger partial charge < -0.3 is 5.32 Å². The summed E-state index contributed by atoms with van der Waals surface area (Å²) >= 11 is 0. The fraction of sp³-hybridized carbons (Fsp3) is 0.300. The topological polar surface area (TPSA) is 92.3 Å². The second-order valence-corrected chi connectivity index (χ2v) is 11.7. The first-order chi connectivity index (χ1) is 18.4. The highest BCUT2D eigenvalue weighted by molar-refractivity contribution is 7.89. The zero-order chi connectivity index (χ0) is 26.5. The lowest BCUT2D eigenvalue weighted by Crippen LogP contribution is -2.32. The van der Waals surface area contributed by atoms with Crippen LogP contribution in [0.3, 0.4) is 0 Å². The Morgan fingerprint density at radius 3 is 2.45 bits per heavy atom. The number of rotatable bonds is 7. The van der Waals surface area contributed by atoms with Crippen LogP contribution in [0.15, 0.2) is 78.0 Å². The van der Waals surface area contributed by atoms with E-state index < -0.39 is 10.0 Å². The summed E-state index contributed by atoms with van der Waals surface area (Å²) in [4.78, 5) is 22.6. The number of pyridine rings is 2. The van der Waals surface area contributed by atoms with Gasteiger partial charge in [0.2, 0.25) is 10.0 Å². The molecule has 0 unspecified atom stereocenters. The van der Waals surface area contributed by atoms with Crippen molar-refractivity contribution in [3.63, 3.8) is 0 Å². The van der Waals surface area contributed by atoms with Crippen molar-refractivity contribution in [2.45, 2.75) is 43.9 Å². The number of benzene rings is 2. The fourth-order valence-corrected chi connectivity index (χ4v) is 6.36. The molecule has 0 spiro atoms. The van der Waals surface area contributed by atoms with Crippen LogP contribution in [0, 0.1) is 6.92 Å². The second kappa shape index (κ2) is 11.4. The predicted molar refractivity (Wildman–Crippen MR) is 149 cm³/mol. The van der Waals surface area contributed by atoms with Crippen molar-refractivity contribution in [2.75, 3.05) is 19.6 Å². The monoisotopic (exact) mass is 528 g/mol. The molecule has 0 saturated carbocycles. The smallest absolute Gasteiger partial charge is 0.252 e. The van der Waals surface area contributed by atoms with Crippen LogP contribution in [0.5, 0.6) is 0 Å². The number of carbonyl (C=O) groups excluding carboxylic acids is 1. The van der Waals surface area contributed by atoms with Crippen LogP contribution in [0.2, 0.25) is 0 Å². The standard InChI is InChI=1S/C30H32N4O3S/c1-22-8-10-23(11-9-22)14-16-32-30(35)27-20-29(24-7-6-15-31-21-24)33-28-13-12-25(19-26(27)28)38(36,37)34-17-4-2-3-5-18-34/h6-13,15,19-21H,2-5,14,16-18H2,1H3,(H,32,35). The number of amides is 1.